The van der Waals surface area contributed by atoms with Gasteiger partial charge in [-0.2, -0.15) is 0 Å². The Kier molecular flexibility index (Phi) is 4.49. The second kappa shape index (κ2) is 6.90. The Balaban J connectivity index is 1.36. The van der Waals surface area contributed by atoms with Crippen molar-refractivity contribution in [3.05, 3.63) is 53.1 Å². The van der Waals surface area contributed by atoms with Gasteiger partial charge in [0, 0.05) is 0 Å². The van der Waals surface area contributed by atoms with Crippen LogP contribution in [0.5, 0.6) is 5.75 Å². The van der Waals surface area contributed by atoms with Gasteiger partial charge in [0.2, 0.25) is 0 Å². The van der Waals surface area contributed by atoms with Crippen LogP contribution >= 0.6 is 0 Å². The zero-order valence-corrected chi connectivity index (χ0v) is 17.2. The molecule has 1 aromatic carbocycles. The van der Waals surface area contributed by atoms with E-state index in [0.717, 1.165) is 37.0 Å². The van der Waals surface area contributed by atoms with Crippen molar-refractivity contribution < 1.29 is 9.53 Å². The van der Waals surface area contributed by atoms with Gasteiger partial charge in [-0.05, 0) is 104 Å². The SMILES string of the molecule is CC1CCC2C3CCc4cc(OC(=O)C5=CCCC=C5)ccc4C3CCC12C. The van der Waals surface area contributed by atoms with Crippen molar-refractivity contribution in [3.63, 3.8) is 0 Å². The van der Waals surface area contributed by atoms with Gasteiger partial charge in [0.15, 0.2) is 0 Å². The average Bonchev–Trinajstić information content (AvgIpc) is 3.03. The lowest BCUT2D eigenvalue weighted by atomic mass is 9.54. The van der Waals surface area contributed by atoms with Crippen LogP contribution in [0.3, 0.4) is 0 Å². The number of hydrogen-bond donors (Lipinski definition) is 0. The fourth-order valence-corrected chi connectivity index (χ4v) is 6.82. The van der Waals surface area contributed by atoms with Gasteiger partial charge in [-0.1, -0.05) is 38.1 Å². The van der Waals surface area contributed by atoms with E-state index in [2.05, 4.69) is 26.0 Å². The summed E-state index contributed by atoms with van der Waals surface area (Å²) in [6, 6.07) is 6.43. The van der Waals surface area contributed by atoms with Crippen LogP contribution in [0.2, 0.25) is 0 Å². The summed E-state index contributed by atoms with van der Waals surface area (Å²) in [5, 5.41) is 0. The third-order valence-electron chi connectivity index (χ3n) is 8.61. The highest BCUT2D eigenvalue weighted by Gasteiger charge is 2.53. The van der Waals surface area contributed by atoms with Gasteiger partial charge in [-0.25, -0.2) is 4.79 Å². The largest absolute Gasteiger partial charge is 0.423 e. The summed E-state index contributed by atoms with van der Waals surface area (Å²) < 4.78 is 5.70. The molecule has 4 aliphatic carbocycles. The molecule has 0 radical (unpaired) electrons. The summed E-state index contributed by atoms with van der Waals surface area (Å²) in [5.41, 5.74) is 4.20. The van der Waals surface area contributed by atoms with Gasteiger partial charge < -0.3 is 4.74 Å². The highest BCUT2D eigenvalue weighted by Crippen LogP contribution is 2.62. The molecule has 0 aromatic heterocycles. The lowest BCUT2D eigenvalue weighted by molar-refractivity contribution is -0.129. The summed E-state index contributed by atoms with van der Waals surface area (Å²) in [6.45, 7) is 5.05. The first-order valence-corrected chi connectivity index (χ1v) is 11.3. The van der Waals surface area contributed by atoms with Crippen molar-refractivity contribution in [3.8, 4) is 5.75 Å². The Morgan fingerprint density at radius 2 is 2.04 bits per heavy atom. The third-order valence-corrected chi connectivity index (χ3v) is 8.61. The first-order valence-electron chi connectivity index (χ1n) is 11.3. The molecule has 0 N–H and O–H groups in total. The van der Waals surface area contributed by atoms with Gasteiger partial charge in [0.1, 0.15) is 5.75 Å². The summed E-state index contributed by atoms with van der Waals surface area (Å²) in [4.78, 5) is 12.4. The molecule has 4 aliphatic rings. The summed E-state index contributed by atoms with van der Waals surface area (Å²) in [7, 11) is 0. The molecule has 2 saturated carbocycles. The molecular formula is C26H32O2. The minimum Gasteiger partial charge on any atom is -0.423 e. The van der Waals surface area contributed by atoms with E-state index in [1.54, 1.807) is 0 Å². The van der Waals surface area contributed by atoms with Crippen molar-refractivity contribution >= 4 is 5.97 Å². The highest BCUT2D eigenvalue weighted by atomic mass is 16.5. The molecule has 28 heavy (non-hydrogen) atoms. The van der Waals surface area contributed by atoms with Crippen LogP contribution in [-0.2, 0) is 11.2 Å². The van der Waals surface area contributed by atoms with E-state index >= 15 is 0 Å². The topological polar surface area (TPSA) is 26.3 Å². The summed E-state index contributed by atoms with van der Waals surface area (Å²) in [5.74, 6) is 3.82. The predicted molar refractivity (Wildman–Crippen MR) is 112 cm³/mol. The summed E-state index contributed by atoms with van der Waals surface area (Å²) in [6.07, 6.45) is 15.8. The number of hydrogen-bond acceptors (Lipinski definition) is 2. The van der Waals surface area contributed by atoms with E-state index < -0.39 is 0 Å². The van der Waals surface area contributed by atoms with Crippen LogP contribution in [0, 0.1) is 23.2 Å². The molecule has 0 amide bonds. The van der Waals surface area contributed by atoms with Crippen molar-refractivity contribution in [2.45, 2.75) is 71.1 Å². The molecule has 2 nitrogen and oxygen atoms in total. The Bertz CT molecular complexity index is 848. The zero-order valence-electron chi connectivity index (χ0n) is 17.2. The maximum Gasteiger partial charge on any atom is 0.343 e. The van der Waals surface area contributed by atoms with Crippen LogP contribution in [0.15, 0.2) is 42.0 Å². The molecule has 0 aliphatic heterocycles. The third kappa shape index (κ3) is 2.88. The smallest absolute Gasteiger partial charge is 0.343 e. The van der Waals surface area contributed by atoms with Gasteiger partial charge in [0.25, 0.3) is 0 Å². The van der Waals surface area contributed by atoms with E-state index in [-0.39, 0.29) is 5.97 Å². The maximum atomic E-state index is 12.4. The van der Waals surface area contributed by atoms with Gasteiger partial charge in [-0.3, -0.25) is 0 Å². The first-order chi connectivity index (χ1) is 13.6. The predicted octanol–water partition coefficient (Wildman–Crippen LogP) is 6.36. The van der Waals surface area contributed by atoms with E-state index in [0.29, 0.717) is 22.7 Å². The van der Waals surface area contributed by atoms with E-state index in [9.17, 15) is 4.79 Å². The van der Waals surface area contributed by atoms with Gasteiger partial charge in [-0.15, -0.1) is 0 Å². The number of carbonyl (C=O) groups is 1. The molecule has 5 atom stereocenters. The van der Waals surface area contributed by atoms with Crippen molar-refractivity contribution in [1.29, 1.82) is 0 Å². The molecule has 2 heteroatoms. The second-order valence-electron chi connectivity index (χ2n) is 9.83. The molecular weight excluding hydrogens is 344 g/mol. The molecule has 0 spiro atoms. The van der Waals surface area contributed by atoms with Crippen LogP contribution in [0.1, 0.15) is 75.8 Å². The Hall–Kier alpha value is -1.83. The number of benzene rings is 1. The first kappa shape index (κ1) is 18.2. The average molecular weight is 377 g/mol. The monoisotopic (exact) mass is 376 g/mol. The fraction of sp³-hybridized carbons (Fsp3) is 0.577. The van der Waals surface area contributed by atoms with Gasteiger partial charge >= 0.3 is 5.97 Å². The lowest BCUT2D eigenvalue weighted by Gasteiger charge is -2.50. The number of fused-ring (bicyclic) bond motifs is 5. The minimum absolute atomic E-state index is 0.224. The normalized spacial score (nSPS) is 36.1. The quantitative estimate of drug-likeness (QED) is 0.443. The van der Waals surface area contributed by atoms with E-state index in [1.807, 2.05) is 24.3 Å². The zero-order chi connectivity index (χ0) is 19.3. The number of allylic oxidation sites excluding steroid dienone is 2. The molecule has 1 aromatic rings. The number of aryl methyl sites for hydroxylation is 1. The number of esters is 1. The van der Waals surface area contributed by atoms with Crippen LogP contribution in [0.4, 0.5) is 0 Å². The van der Waals surface area contributed by atoms with Crippen LogP contribution in [0.25, 0.3) is 0 Å². The fourth-order valence-electron chi connectivity index (χ4n) is 6.82. The number of ether oxygens (including phenoxy) is 1. The Morgan fingerprint density at radius 1 is 1.14 bits per heavy atom. The van der Waals surface area contributed by atoms with Crippen molar-refractivity contribution in [2.75, 3.05) is 0 Å². The summed E-state index contributed by atoms with van der Waals surface area (Å²) >= 11 is 0. The minimum atomic E-state index is -0.224. The van der Waals surface area contributed by atoms with E-state index in [1.165, 1.54) is 43.2 Å². The molecule has 148 valence electrons. The number of carbonyl (C=O) groups excluding carboxylic acids is 1. The maximum absolute atomic E-state index is 12.4. The lowest BCUT2D eigenvalue weighted by Crippen LogP contribution is -2.41. The van der Waals surface area contributed by atoms with Crippen LogP contribution in [-0.4, -0.2) is 5.97 Å². The van der Waals surface area contributed by atoms with Crippen molar-refractivity contribution in [1.82, 2.24) is 0 Å². The standard InChI is InChI=1S/C26H32O2/c1-17-8-13-24-23-11-9-19-16-20(28-25(27)18-6-4-3-5-7-18)10-12-21(19)22(23)14-15-26(17,24)2/h4,6-7,10,12,16-17,22-24H,3,5,8-9,11,13-15H2,1-2H3. The second-order valence-corrected chi connectivity index (χ2v) is 9.83. The van der Waals surface area contributed by atoms with Crippen LogP contribution < -0.4 is 4.74 Å². The van der Waals surface area contributed by atoms with Crippen molar-refractivity contribution in [2.24, 2.45) is 23.2 Å². The molecule has 2 fully saturated rings. The van der Waals surface area contributed by atoms with Gasteiger partial charge in [0.05, 0.1) is 5.57 Å². The molecule has 5 unspecified atom stereocenters. The van der Waals surface area contributed by atoms with E-state index in [4.69, 9.17) is 4.74 Å². The molecule has 0 bridgehead atoms. The molecule has 0 saturated heterocycles. The molecule has 0 heterocycles. The Morgan fingerprint density at radius 3 is 2.86 bits per heavy atom. The molecule has 5 rings (SSSR count). The highest BCUT2D eigenvalue weighted by molar-refractivity contribution is 5.93. The Labute approximate surface area is 169 Å². The number of rotatable bonds is 2.